The molecule has 1 aliphatic heterocycles. The lowest BCUT2D eigenvalue weighted by atomic mass is 9.93. The normalized spacial score (nSPS) is 15.6. The van der Waals surface area contributed by atoms with Crippen LogP contribution in [0.5, 0.6) is 0 Å². The van der Waals surface area contributed by atoms with Gasteiger partial charge in [0.1, 0.15) is 0 Å². The van der Waals surface area contributed by atoms with Crippen molar-refractivity contribution >= 4 is 5.91 Å². The number of carbonyl (C=O) groups excluding carboxylic acids is 1. The van der Waals surface area contributed by atoms with Crippen molar-refractivity contribution in [2.75, 3.05) is 6.54 Å². The Morgan fingerprint density at radius 3 is 2.58 bits per heavy atom. The maximum absolute atomic E-state index is 13.8. The number of benzene rings is 1. The van der Waals surface area contributed by atoms with Gasteiger partial charge in [0, 0.05) is 13.1 Å². The van der Waals surface area contributed by atoms with Crippen LogP contribution in [0.2, 0.25) is 0 Å². The molecular formula is C16H22FNO. The largest absolute Gasteiger partial charge is 0.335 e. The summed E-state index contributed by atoms with van der Waals surface area (Å²) in [5, 5.41) is 0. The minimum Gasteiger partial charge on any atom is -0.335 e. The fourth-order valence-electron chi connectivity index (χ4n) is 2.49. The first-order valence-corrected chi connectivity index (χ1v) is 6.89. The molecule has 1 aliphatic rings. The van der Waals surface area contributed by atoms with Gasteiger partial charge in [-0.15, -0.1) is 0 Å². The fraction of sp³-hybridized carbons (Fsp3) is 0.562. The molecule has 2 rings (SSSR count). The second kappa shape index (κ2) is 4.95. The molecule has 0 bridgehead atoms. The van der Waals surface area contributed by atoms with Crippen molar-refractivity contribution < 1.29 is 9.18 Å². The highest BCUT2D eigenvalue weighted by atomic mass is 19.1. The van der Waals surface area contributed by atoms with Gasteiger partial charge in [-0.05, 0) is 42.9 Å². The van der Waals surface area contributed by atoms with Gasteiger partial charge in [-0.2, -0.15) is 0 Å². The first kappa shape index (κ1) is 14.0. The lowest BCUT2D eigenvalue weighted by Crippen LogP contribution is -2.44. The van der Waals surface area contributed by atoms with Crippen molar-refractivity contribution in [1.82, 2.24) is 4.90 Å². The molecule has 0 saturated carbocycles. The minimum atomic E-state index is -1.78. The lowest BCUT2D eigenvalue weighted by Gasteiger charge is -2.32. The van der Waals surface area contributed by atoms with Gasteiger partial charge in [0.2, 0.25) is 0 Å². The molecule has 0 fully saturated rings. The van der Waals surface area contributed by atoms with Crippen LogP contribution < -0.4 is 0 Å². The van der Waals surface area contributed by atoms with Gasteiger partial charge in [-0.3, -0.25) is 4.79 Å². The summed E-state index contributed by atoms with van der Waals surface area (Å²) in [5.74, 6) is 0.0575. The van der Waals surface area contributed by atoms with Crippen LogP contribution in [0.1, 0.15) is 50.3 Å². The molecule has 1 heterocycles. The molecular weight excluding hydrogens is 241 g/mol. The lowest BCUT2D eigenvalue weighted by molar-refractivity contribution is -0.142. The molecule has 0 atom stereocenters. The third-order valence-electron chi connectivity index (χ3n) is 3.71. The summed E-state index contributed by atoms with van der Waals surface area (Å²) in [6, 6.07) is 6.46. The van der Waals surface area contributed by atoms with Gasteiger partial charge < -0.3 is 4.90 Å². The molecule has 19 heavy (non-hydrogen) atoms. The Balaban J connectivity index is 2.23. The van der Waals surface area contributed by atoms with Crippen LogP contribution in [0.25, 0.3) is 0 Å². The molecule has 104 valence electrons. The van der Waals surface area contributed by atoms with Crippen molar-refractivity contribution in [1.29, 1.82) is 0 Å². The van der Waals surface area contributed by atoms with E-state index in [9.17, 15) is 9.18 Å². The summed E-state index contributed by atoms with van der Waals surface area (Å²) in [6.45, 7) is 8.10. The SMILES string of the molecule is CC(C)c1ccc2c(c1)CN(C(=O)C(C)(C)F)CC2. The summed E-state index contributed by atoms with van der Waals surface area (Å²) < 4.78 is 13.8. The highest BCUT2D eigenvalue weighted by Gasteiger charge is 2.33. The second-order valence-corrected chi connectivity index (χ2v) is 6.13. The second-order valence-electron chi connectivity index (χ2n) is 6.13. The Hall–Kier alpha value is -1.38. The van der Waals surface area contributed by atoms with E-state index in [0.29, 0.717) is 19.0 Å². The number of nitrogens with zero attached hydrogens (tertiary/aromatic N) is 1. The zero-order valence-electron chi connectivity index (χ0n) is 12.2. The third kappa shape index (κ3) is 2.96. The fourth-order valence-corrected chi connectivity index (χ4v) is 2.49. The summed E-state index contributed by atoms with van der Waals surface area (Å²) in [5.41, 5.74) is 1.93. The van der Waals surface area contributed by atoms with E-state index >= 15 is 0 Å². The molecule has 1 aromatic rings. The van der Waals surface area contributed by atoms with Gasteiger partial charge in [-0.1, -0.05) is 32.0 Å². The number of fused-ring (bicyclic) bond motifs is 1. The zero-order valence-corrected chi connectivity index (χ0v) is 12.2. The summed E-state index contributed by atoms with van der Waals surface area (Å²) in [7, 11) is 0. The van der Waals surface area contributed by atoms with E-state index < -0.39 is 11.6 Å². The average molecular weight is 263 g/mol. The average Bonchev–Trinajstić information content (AvgIpc) is 2.35. The molecule has 0 N–H and O–H groups in total. The van der Waals surface area contributed by atoms with Crippen LogP contribution in [-0.2, 0) is 17.8 Å². The summed E-state index contributed by atoms with van der Waals surface area (Å²) in [4.78, 5) is 13.6. The van der Waals surface area contributed by atoms with Crippen molar-refractivity contribution in [3.05, 3.63) is 34.9 Å². The Morgan fingerprint density at radius 2 is 2.00 bits per heavy atom. The maximum Gasteiger partial charge on any atom is 0.259 e. The smallest absolute Gasteiger partial charge is 0.259 e. The Morgan fingerprint density at radius 1 is 1.32 bits per heavy atom. The van der Waals surface area contributed by atoms with E-state index in [4.69, 9.17) is 0 Å². The van der Waals surface area contributed by atoms with E-state index in [-0.39, 0.29) is 0 Å². The first-order valence-electron chi connectivity index (χ1n) is 6.89. The molecule has 0 aromatic heterocycles. The number of rotatable bonds is 2. The molecule has 1 aromatic carbocycles. The van der Waals surface area contributed by atoms with Crippen molar-refractivity contribution in [2.24, 2.45) is 0 Å². The molecule has 1 amide bonds. The molecule has 0 unspecified atom stereocenters. The zero-order chi connectivity index (χ0) is 14.2. The maximum atomic E-state index is 13.8. The number of alkyl halides is 1. The predicted molar refractivity (Wildman–Crippen MR) is 74.8 cm³/mol. The quantitative estimate of drug-likeness (QED) is 0.800. The molecule has 0 radical (unpaired) electrons. The van der Waals surface area contributed by atoms with E-state index in [2.05, 4.69) is 32.0 Å². The minimum absolute atomic E-state index is 0.409. The molecule has 0 aliphatic carbocycles. The summed E-state index contributed by atoms with van der Waals surface area (Å²) in [6.07, 6.45) is 0.815. The first-order chi connectivity index (χ1) is 8.79. The van der Waals surface area contributed by atoms with Gasteiger partial charge in [-0.25, -0.2) is 4.39 Å². The van der Waals surface area contributed by atoms with Crippen molar-refractivity contribution in [2.45, 2.75) is 52.2 Å². The topological polar surface area (TPSA) is 20.3 Å². The Bertz CT molecular complexity index is 488. The van der Waals surface area contributed by atoms with E-state index in [1.165, 1.54) is 25.0 Å². The van der Waals surface area contributed by atoms with Crippen LogP contribution in [0, 0.1) is 0 Å². The Labute approximate surface area is 114 Å². The predicted octanol–water partition coefficient (Wildman–Crippen LogP) is 3.44. The number of carbonyl (C=O) groups is 1. The number of halogens is 1. The highest BCUT2D eigenvalue weighted by molar-refractivity contribution is 5.84. The van der Waals surface area contributed by atoms with Gasteiger partial charge in [0.15, 0.2) is 5.67 Å². The highest BCUT2D eigenvalue weighted by Crippen LogP contribution is 2.26. The number of hydrogen-bond acceptors (Lipinski definition) is 1. The van der Waals surface area contributed by atoms with Gasteiger partial charge >= 0.3 is 0 Å². The standard InChI is InChI=1S/C16H22FNO/c1-11(2)13-6-5-12-7-8-18(10-14(12)9-13)15(19)16(3,4)17/h5-6,9,11H,7-8,10H2,1-4H3. The Kier molecular flexibility index (Phi) is 3.66. The van der Waals surface area contributed by atoms with E-state index in [1.54, 1.807) is 4.90 Å². The van der Waals surface area contributed by atoms with Crippen LogP contribution >= 0.6 is 0 Å². The monoisotopic (exact) mass is 263 g/mol. The molecule has 3 heteroatoms. The van der Waals surface area contributed by atoms with Crippen LogP contribution in [-0.4, -0.2) is 23.0 Å². The number of amides is 1. The van der Waals surface area contributed by atoms with Crippen molar-refractivity contribution in [3.8, 4) is 0 Å². The summed E-state index contributed by atoms with van der Waals surface area (Å²) >= 11 is 0. The van der Waals surface area contributed by atoms with Crippen LogP contribution in [0.3, 0.4) is 0 Å². The molecule has 0 spiro atoms. The third-order valence-corrected chi connectivity index (χ3v) is 3.71. The van der Waals surface area contributed by atoms with Crippen molar-refractivity contribution in [3.63, 3.8) is 0 Å². The molecule has 0 saturated heterocycles. The number of hydrogen-bond donors (Lipinski definition) is 0. The molecule has 2 nitrogen and oxygen atoms in total. The van der Waals surface area contributed by atoms with E-state index in [1.807, 2.05) is 0 Å². The van der Waals surface area contributed by atoms with Gasteiger partial charge in [0.25, 0.3) is 5.91 Å². The van der Waals surface area contributed by atoms with Crippen LogP contribution in [0.15, 0.2) is 18.2 Å². The van der Waals surface area contributed by atoms with Crippen LogP contribution in [0.4, 0.5) is 4.39 Å². The van der Waals surface area contributed by atoms with E-state index in [0.717, 1.165) is 12.0 Å². The van der Waals surface area contributed by atoms with Gasteiger partial charge in [0.05, 0.1) is 0 Å².